The molecule has 0 unspecified atom stereocenters. The van der Waals surface area contributed by atoms with Crippen molar-refractivity contribution in [1.29, 1.82) is 0 Å². The second kappa shape index (κ2) is 8.02. The summed E-state index contributed by atoms with van der Waals surface area (Å²) in [4.78, 5) is 21.0. The average Bonchev–Trinajstić information content (AvgIpc) is 2.54. The molecule has 0 N–H and O–H groups in total. The fourth-order valence-corrected chi connectivity index (χ4v) is 2.27. The minimum absolute atomic E-state index is 0.376. The zero-order chi connectivity index (χ0) is 17.0. The molecule has 0 aliphatic heterocycles. The number of hydrogen-bond acceptors (Lipinski definition) is 3. The average molecular weight is 392 g/mol. The van der Waals surface area contributed by atoms with Crippen LogP contribution in [0.25, 0.3) is 0 Å². The standard InChI is InChI=1S/C16H10Cl4O3/c17-15(18)13(21)9-1-5-11(6-2-9)23-12-7-3-10(4-8-12)14(22)16(19)20/h1-8,15-16H. The lowest BCUT2D eigenvalue weighted by Gasteiger charge is -2.08. The normalized spacial score (nSPS) is 10.9. The van der Waals surface area contributed by atoms with Gasteiger partial charge in [-0.3, -0.25) is 9.59 Å². The third-order valence-electron chi connectivity index (χ3n) is 2.91. The van der Waals surface area contributed by atoms with Crippen LogP contribution in [-0.4, -0.2) is 21.2 Å². The van der Waals surface area contributed by atoms with Gasteiger partial charge in [0.25, 0.3) is 0 Å². The van der Waals surface area contributed by atoms with Crippen LogP contribution >= 0.6 is 46.4 Å². The Morgan fingerprint density at radius 2 is 0.957 bits per heavy atom. The number of rotatable bonds is 6. The van der Waals surface area contributed by atoms with E-state index in [0.29, 0.717) is 22.6 Å². The number of carbonyl (C=O) groups excluding carboxylic acids is 2. The third-order valence-corrected chi connectivity index (χ3v) is 3.70. The van der Waals surface area contributed by atoms with Crippen LogP contribution < -0.4 is 4.74 Å². The summed E-state index contributed by atoms with van der Waals surface area (Å²) in [6.07, 6.45) is 0. The van der Waals surface area contributed by atoms with Crippen molar-refractivity contribution in [3.05, 3.63) is 59.7 Å². The maximum Gasteiger partial charge on any atom is 0.195 e. The Morgan fingerprint density at radius 3 is 1.22 bits per heavy atom. The van der Waals surface area contributed by atoms with Gasteiger partial charge in [0.05, 0.1) is 0 Å². The molecule has 7 heteroatoms. The summed E-state index contributed by atoms with van der Waals surface area (Å²) in [7, 11) is 0. The van der Waals surface area contributed by atoms with E-state index in [1.54, 1.807) is 48.5 Å². The van der Waals surface area contributed by atoms with Gasteiger partial charge in [-0.2, -0.15) is 0 Å². The molecule has 2 aromatic carbocycles. The first-order valence-electron chi connectivity index (χ1n) is 6.41. The molecule has 0 atom stereocenters. The molecule has 0 heterocycles. The zero-order valence-electron chi connectivity index (χ0n) is 11.5. The van der Waals surface area contributed by atoms with E-state index in [1.165, 1.54) is 0 Å². The number of Topliss-reactive ketones (excluding diaryl/α,β-unsaturated/α-hetero) is 2. The Balaban J connectivity index is 2.08. The summed E-state index contributed by atoms with van der Waals surface area (Å²) in [6.45, 7) is 0. The van der Waals surface area contributed by atoms with Crippen LogP contribution in [0.3, 0.4) is 0 Å². The highest BCUT2D eigenvalue weighted by Crippen LogP contribution is 2.24. The van der Waals surface area contributed by atoms with Crippen molar-refractivity contribution >= 4 is 58.0 Å². The summed E-state index contributed by atoms with van der Waals surface area (Å²) in [5.41, 5.74) is 0.784. The number of halogens is 4. The van der Waals surface area contributed by atoms with E-state index in [0.717, 1.165) is 0 Å². The molecule has 3 nitrogen and oxygen atoms in total. The van der Waals surface area contributed by atoms with Crippen LogP contribution in [0.2, 0.25) is 0 Å². The van der Waals surface area contributed by atoms with Gasteiger partial charge in [0.2, 0.25) is 0 Å². The molecule has 0 aliphatic carbocycles. The first-order valence-corrected chi connectivity index (χ1v) is 8.16. The summed E-state index contributed by atoms with van der Waals surface area (Å²) in [6, 6.07) is 12.8. The van der Waals surface area contributed by atoms with E-state index in [9.17, 15) is 9.59 Å². The van der Waals surface area contributed by atoms with Crippen molar-refractivity contribution in [2.75, 3.05) is 0 Å². The fraction of sp³-hybridized carbons (Fsp3) is 0.125. The smallest absolute Gasteiger partial charge is 0.195 e. The van der Waals surface area contributed by atoms with Crippen molar-refractivity contribution in [3.8, 4) is 11.5 Å². The van der Waals surface area contributed by atoms with Crippen molar-refractivity contribution in [2.24, 2.45) is 0 Å². The number of carbonyl (C=O) groups is 2. The molecule has 0 amide bonds. The lowest BCUT2D eigenvalue weighted by atomic mass is 10.1. The van der Waals surface area contributed by atoms with E-state index < -0.39 is 9.67 Å². The monoisotopic (exact) mass is 390 g/mol. The molecule has 0 radical (unpaired) electrons. The van der Waals surface area contributed by atoms with Gasteiger partial charge in [-0.1, -0.05) is 46.4 Å². The molecule has 0 aromatic heterocycles. The fourth-order valence-electron chi connectivity index (χ4n) is 1.76. The number of hydrogen-bond donors (Lipinski definition) is 0. The van der Waals surface area contributed by atoms with E-state index in [4.69, 9.17) is 51.1 Å². The van der Waals surface area contributed by atoms with Crippen LogP contribution in [0.5, 0.6) is 11.5 Å². The summed E-state index contributed by atoms with van der Waals surface area (Å²) >= 11 is 22.1. The lowest BCUT2D eigenvalue weighted by Crippen LogP contribution is -2.07. The van der Waals surface area contributed by atoms with Gasteiger partial charge in [0.15, 0.2) is 21.2 Å². The molecule has 120 valence electrons. The molecular formula is C16H10Cl4O3. The van der Waals surface area contributed by atoms with Crippen LogP contribution in [0.4, 0.5) is 0 Å². The van der Waals surface area contributed by atoms with Crippen molar-refractivity contribution < 1.29 is 14.3 Å². The van der Waals surface area contributed by atoms with Crippen molar-refractivity contribution in [2.45, 2.75) is 9.67 Å². The molecule has 0 fully saturated rings. The predicted octanol–water partition coefficient (Wildman–Crippen LogP) is 5.45. The number of ketones is 2. The van der Waals surface area contributed by atoms with Gasteiger partial charge in [-0.25, -0.2) is 0 Å². The van der Waals surface area contributed by atoms with Crippen LogP contribution in [-0.2, 0) is 0 Å². The molecule has 0 saturated heterocycles. The molecule has 2 rings (SSSR count). The van der Waals surface area contributed by atoms with E-state index in [1.807, 2.05) is 0 Å². The molecule has 2 aromatic rings. The third kappa shape index (κ3) is 4.85. The van der Waals surface area contributed by atoms with E-state index in [2.05, 4.69) is 0 Å². The SMILES string of the molecule is O=C(c1ccc(Oc2ccc(C(=O)C(Cl)Cl)cc2)cc1)C(Cl)Cl. The number of ether oxygens (including phenoxy) is 1. The van der Waals surface area contributed by atoms with Gasteiger partial charge in [0.1, 0.15) is 11.5 Å². The molecule has 0 bridgehead atoms. The Morgan fingerprint density at radius 1 is 0.652 bits per heavy atom. The van der Waals surface area contributed by atoms with E-state index >= 15 is 0 Å². The van der Waals surface area contributed by atoms with Crippen LogP contribution in [0, 0.1) is 0 Å². The summed E-state index contributed by atoms with van der Waals surface area (Å²) in [5, 5.41) is 0. The highest BCUT2D eigenvalue weighted by Gasteiger charge is 2.15. The Bertz CT molecular complexity index is 633. The minimum Gasteiger partial charge on any atom is -0.457 e. The number of alkyl halides is 4. The maximum absolute atomic E-state index is 11.6. The second-order valence-electron chi connectivity index (χ2n) is 4.48. The highest BCUT2D eigenvalue weighted by atomic mass is 35.5. The molecule has 0 aliphatic rings. The van der Waals surface area contributed by atoms with Gasteiger partial charge in [-0.05, 0) is 48.5 Å². The zero-order valence-corrected chi connectivity index (χ0v) is 14.5. The summed E-state index contributed by atoms with van der Waals surface area (Å²) in [5.74, 6) is 0.293. The van der Waals surface area contributed by atoms with Crippen molar-refractivity contribution in [1.82, 2.24) is 0 Å². The Hall–Kier alpha value is -1.26. The topological polar surface area (TPSA) is 43.4 Å². The van der Waals surface area contributed by atoms with Crippen LogP contribution in [0.1, 0.15) is 20.7 Å². The van der Waals surface area contributed by atoms with Gasteiger partial charge in [0, 0.05) is 11.1 Å². The predicted molar refractivity (Wildman–Crippen MR) is 92.6 cm³/mol. The first-order chi connectivity index (χ1) is 10.9. The van der Waals surface area contributed by atoms with Gasteiger partial charge in [-0.15, -0.1) is 0 Å². The van der Waals surface area contributed by atoms with Gasteiger partial charge >= 0.3 is 0 Å². The highest BCUT2D eigenvalue weighted by molar-refractivity contribution is 6.55. The minimum atomic E-state index is -1.10. The van der Waals surface area contributed by atoms with E-state index in [-0.39, 0.29) is 11.6 Å². The summed E-state index contributed by atoms with van der Waals surface area (Å²) < 4.78 is 5.61. The molecule has 0 saturated carbocycles. The quantitative estimate of drug-likeness (QED) is 0.485. The number of benzene rings is 2. The first kappa shape index (κ1) is 18.1. The molecule has 23 heavy (non-hydrogen) atoms. The second-order valence-corrected chi connectivity index (χ2v) is 6.67. The lowest BCUT2D eigenvalue weighted by molar-refractivity contribution is 0.0999. The van der Waals surface area contributed by atoms with Crippen LogP contribution in [0.15, 0.2) is 48.5 Å². The Labute approximate surface area is 153 Å². The largest absolute Gasteiger partial charge is 0.457 e. The molecule has 0 spiro atoms. The van der Waals surface area contributed by atoms with Crippen molar-refractivity contribution in [3.63, 3.8) is 0 Å². The Kier molecular flexibility index (Phi) is 6.31. The van der Waals surface area contributed by atoms with Gasteiger partial charge < -0.3 is 4.74 Å². The molecular weight excluding hydrogens is 382 g/mol. The maximum atomic E-state index is 11.6.